The molecule has 0 aliphatic heterocycles. The molecule has 1 aromatic carbocycles. The number of rotatable bonds is 7. The van der Waals surface area contributed by atoms with Crippen LogP contribution >= 0.6 is 11.6 Å². The Kier molecular flexibility index (Phi) is 5.75. The van der Waals surface area contributed by atoms with Crippen LogP contribution in [0.5, 0.6) is 5.75 Å². The molecule has 122 valence electrons. The standard InChI is InChI=1S/C12H15ClN2O6S/c1-7(12(17)18)15(2)22(19,20)10-5-8(13)3-4-9(10)21-6-11(14)16/h3-5,7H,6H2,1-2H3,(H2,14,16)(H,17,18). The van der Waals surface area contributed by atoms with Gasteiger partial charge in [-0.25, -0.2) is 8.42 Å². The second-order valence-corrected chi connectivity index (χ2v) is 6.78. The molecule has 0 aliphatic carbocycles. The predicted octanol–water partition coefficient (Wildman–Crippen LogP) is 0.298. The molecule has 1 atom stereocenters. The maximum atomic E-state index is 12.5. The van der Waals surface area contributed by atoms with E-state index >= 15 is 0 Å². The van der Waals surface area contributed by atoms with Crippen LogP contribution in [0, 0.1) is 0 Å². The number of carboxylic acids is 1. The number of hydrogen-bond donors (Lipinski definition) is 2. The summed E-state index contributed by atoms with van der Waals surface area (Å²) < 4.78 is 30.7. The molecule has 0 aliphatic rings. The molecule has 1 amide bonds. The Morgan fingerprint density at radius 3 is 2.55 bits per heavy atom. The number of carbonyl (C=O) groups is 2. The molecule has 0 bridgehead atoms. The van der Waals surface area contributed by atoms with Crippen molar-refractivity contribution >= 4 is 33.5 Å². The van der Waals surface area contributed by atoms with Crippen molar-refractivity contribution in [2.24, 2.45) is 5.73 Å². The monoisotopic (exact) mass is 350 g/mol. The number of nitrogens with zero attached hydrogens (tertiary/aromatic N) is 1. The van der Waals surface area contributed by atoms with Crippen molar-refractivity contribution < 1.29 is 27.9 Å². The van der Waals surface area contributed by atoms with E-state index in [1.807, 2.05) is 0 Å². The van der Waals surface area contributed by atoms with Crippen LogP contribution in [0.25, 0.3) is 0 Å². The van der Waals surface area contributed by atoms with Crippen molar-refractivity contribution in [1.82, 2.24) is 4.31 Å². The zero-order chi connectivity index (χ0) is 17.1. The van der Waals surface area contributed by atoms with Crippen molar-refractivity contribution in [3.63, 3.8) is 0 Å². The Hall–Kier alpha value is -1.84. The van der Waals surface area contributed by atoms with Gasteiger partial charge in [0.1, 0.15) is 16.7 Å². The van der Waals surface area contributed by atoms with Crippen LogP contribution in [0.1, 0.15) is 6.92 Å². The van der Waals surface area contributed by atoms with Crippen molar-refractivity contribution in [2.75, 3.05) is 13.7 Å². The van der Waals surface area contributed by atoms with Gasteiger partial charge < -0.3 is 15.6 Å². The van der Waals surface area contributed by atoms with E-state index in [4.69, 9.17) is 27.2 Å². The minimum atomic E-state index is -4.19. The number of ether oxygens (including phenoxy) is 1. The van der Waals surface area contributed by atoms with E-state index in [9.17, 15) is 18.0 Å². The van der Waals surface area contributed by atoms with Crippen molar-refractivity contribution in [2.45, 2.75) is 17.9 Å². The number of primary amides is 1. The zero-order valence-electron chi connectivity index (χ0n) is 11.8. The first-order valence-corrected chi connectivity index (χ1v) is 7.80. The Morgan fingerprint density at radius 2 is 2.05 bits per heavy atom. The number of nitrogens with two attached hydrogens (primary N) is 1. The van der Waals surface area contributed by atoms with Gasteiger partial charge in [0.15, 0.2) is 6.61 Å². The molecule has 0 aromatic heterocycles. The van der Waals surface area contributed by atoms with Gasteiger partial charge in [-0.2, -0.15) is 4.31 Å². The van der Waals surface area contributed by atoms with Gasteiger partial charge in [-0.3, -0.25) is 9.59 Å². The lowest BCUT2D eigenvalue weighted by Gasteiger charge is -2.22. The number of likely N-dealkylation sites (N-methyl/N-ethyl adjacent to an activating group) is 1. The molecular formula is C12H15ClN2O6S. The second-order valence-electron chi connectivity index (χ2n) is 4.38. The number of amides is 1. The Labute approximate surface area is 132 Å². The van der Waals surface area contributed by atoms with Gasteiger partial charge in [0.05, 0.1) is 0 Å². The van der Waals surface area contributed by atoms with Crippen LogP contribution in [0.3, 0.4) is 0 Å². The zero-order valence-corrected chi connectivity index (χ0v) is 13.4. The maximum Gasteiger partial charge on any atom is 0.321 e. The lowest BCUT2D eigenvalue weighted by Crippen LogP contribution is -2.40. The van der Waals surface area contributed by atoms with Crippen LogP contribution < -0.4 is 10.5 Å². The van der Waals surface area contributed by atoms with Gasteiger partial charge in [0.25, 0.3) is 5.91 Å². The average molecular weight is 351 g/mol. The molecule has 10 heteroatoms. The third-order valence-corrected chi connectivity index (χ3v) is 5.02. The topological polar surface area (TPSA) is 127 Å². The van der Waals surface area contributed by atoms with Crippen LogP contribution in [0.15, 0.2) is 23.1 Å². The summed E-state index contributed by atoms with van der Waals surface area (Å²) in [6.45, 7) is 0.691. The lowest BCUT2D eigenvalue weighted by atomic mass is 10.3. The van der Waals surface area contributed by atoms with Gasteiger partial charge >= 0.3 is 5.97 Å². The second kappa shape index (κ2) is 6.95. The van der Waals surface area contributed by atoms with Gasteiger partial charge in [-0.15, -0.1) is 0 Å². The number of benzene rings is 1. The molecule has 1 rings (SSSR count). The Morgan fingerprint density at radius 1 is 1.45 bits per heavy atom. The van der Waals surface area contributed by atoms with Crippen LogP contribution in [0.4, 0.5) is 0 Å². The third kappa shape index (κ3) is 4.09. The van der Waals surface area contributed by atoms with Gasteiger partial charge in [0, 0.05) is 12.1 Å². The van der Waals surface area contributed by atoms with Gasteiger partial charge in [-0.1, -0.05) is 11.6 Å². The van der Waals surface area contributed by atoms with E-state index in [0.29, 0.717) is 4.31 Å². The highest BCUT2D eigenvalue weighted by molar-refractivity contribution is 7.89. The molecule has 0 saturated heterocycles. The first-order chi connectivity index (χ1) is 10.1. The molecule has 0 radical (unpaired) electrons. The number of halogens is 1. The Bertz CT molecular complexity index is 691. The van der Waals surface area contributed by atoms with Crippen LogP contribution in [-0.4, -0.2) is 49.4 Å². The first kappa shape index (κ1) is 18.2. The normalized spacial score (nSPS) is 12.9. The smallest absolute Gasteiger partial charge is 0.321 e. The number of aliphatic carboxylic acids is 1. The molecule has 0 fully saturated rings. The third-order valence-electron chi connectivity index (χ3n) is 2.84. The van der Waals surface area contributed by atoms with Crippen LogP contribution in [-0.2, 0) is 19.6 Å². The Balaban J connectivity index is 3.30. The predicted molar refractivity (Wildman–Crippen MR) is 78.2 cm³/mol. The SMILES string of the molecule is CC(C(=O)O)N(C)S(=O)(=O)c1cc(Cl)ccc1OCC(N)=O. The van der Waals surface area contributed by atoms with E-state index in [2.05, 4.69) is 0 Å². The molecule has 3 N–H and O–H groups in total. The van der Waals surface area contributed by atoms with E-state index < -0.39 is 34.5 Å². The molecule has 0 heterocycles. The summed E-state index contributed by atoms with van der Waals surface area (Å²) in [5.74, 6) is -2.24. The highest BCUT2D eigenvalue weighted by Crippen LogP contribution is 2.30. The summed E-state index contributed by atoms with van der Waals surface area (Å²) in [7, 11) is -3.08. The maximum absolute atomic E-state index is 12.5. The van der Waals surface area contributed by atoms with Gasteiger partial charge in [0.2, 0.25) is 10.0 Å². The largest absolute Gasteiger partial charge is 0.482 e. The first-order valence-electron chi connectivity index (χ1n) is 5.99. The number of carbonyl (C=O) groups excluding carboxylic acids is 1. The molecule has 8 nitrogen and oxygen atoms in total. The summed E-state index contributed by atoms with van der Waals surface area (Å²) >= 11 is 5.79. The van der Waals surface area contributed by atoms with E-state index in [0.717, 1.165) is 13.1 Å². The molecule has 1 unspecified atom stereocenters. The van der Waals surface area contributed by atoms with E-state index in [-0.39, 0.29) is 15.7 Å². The van der Waals surface area contributed by atoms with E-state index in [1.165, 1.54) is 19.1 Å². The van der Waals surface area contributed by atoms with Crippen molar-refractivity contribution in [1.29, 1.82) is 0 Å². The molecular weight excluding hydrogens is 336 g/mol. The summed E-state index contributed by atoms with van der Waals surface area (Å²) in [6.07, 6.45) is 0. The number of sulfonamides is 1. The summed E-state index contributed by atoms with van der Waals surface area (Å²) in [5, 5.41) is 9.05. The van der Waals surface area contributed by atoms with Crippen molar-refractivity contribution in [3.05, 3.63) is 23.2 Å². The molecule has 0 saturated carbocycles. The summed E-state index contributed by atoms with van der Waals surface area (Å²) in [5.41, 5.74) is 4.95. The highest BCUT2D eigenvalue weighted by atomic mass is 35.5. The quantitative estimate of drug-likeness (QED) is 0.728. The lowest BCUT2D eigenvalue weighted by molar-refractivity contribution is -0.140. The van der Waals surface area contributed by atoms with Crippen molar-refractivity contribution in [3.8, 4) is 5.75 Å². The molecule has 1 aromatic rings. The molecule has 22 heavy (non-hydrogen) atoms. The minimum absolute atomic E-state index is 0.112. The fraction of sp³-hybridized carbons (Fsp3) is 0.333. The average Bonchev–Trinajstić information content (AvgIpc) is 2.43. The summed E-state index contributed by atoms with van der Waals surface area (Å²) in [6, 6.07) is 2.45. The fourth-order valence-corrected chi connectivity index (χ4v) is 3.18. The molecule has 0 spiro atoms. The van der Waals surface area contributed by atoms with Crippen LogP contribution in [0.2, 0.25) is 5.02 Å². The number of hydrogen-bond acceptors (Lipinski definition) is 5. The highest BCUT2D eigenvalue weighted by Gasteiger charge is 2.32. The number of carboxylic acid groups (broad SMARTS) is 1. The van der Waals surface area contributed by atoms with Gasteiger partial charge in [-0.05, 0) is 25.1 Å². The van der Waals surface area contributed by atoms with E-state index in [1.54, 1.807) is 0 Å². The summed E-state index contributed by atoms with van der Waals surface area (Å²) in [4.78, 5) is 21.4. The fourth-order valence-electron chi connectivity index (χ4n) is 1.47. The minimum Gasteiger partial charge on any atom is -0.482 e.